The summed E-state index contributed by atoms with van der Waals surface area (Å²) < 4.78 is 11.8. The van der Waals surface area contributed by atoms with E-state index in [2.05, 4.69) is 40.8 Å². The first-order valence-corrected chi connectivity index (χ1v) is 8.08. The van der Waals surface area contributed by atoms with Crippen molar-refractivity contribution in [2.24, 2.45) is 0 Å². The van der Waals surface area contributed by atoms with Crippen LogP contribution in [0.2, 0.25) is 13.1 Å². The first-order valence-electron chi connectivity index (χ1n) is 5.27. The van der Waals surface area contributed by atoms with Crippen LogP contribution < -0.4 is 0 Å². The second-order valence-electron chi connectivity index (χ2n) is 4.07. The molecule has 2 nitrogen and oxygen atoms in total. The van der Waals surface area contributed by atoms with Gasteiger partial charge in [-0.3, -0.25) is 0 Å². The molecule has 0 amide bonds. The van der Waals surface area contributed by atoms with Crippen molar-refractivity contribution in [1.82, 2.24) is 0 Å². The largest absolute Gasteiger partial charge is 0.392 e. The first-order chi connectivity index (χ1) is 5.91. The van der Waals surface area contributed by atoms with Gasteiger partial charge in [0.2, 0.25) is 0 Å². The van der Waals surface area contributed by atoms with Gasteiger partial charge in [-0.25, -0.2) is 0 Å². The van der Waals surface area contributed by atoms with Crippen molar-refractivity contribution in [1.29, 1.82) is 0 Å². The zero-order valence-electron chi connectivity index (χ0n) is 9.89. The maximum atomic E-state index is 5.88. The van der Waals surface area contributed by atoms with E-state index in [4.69, 9.17) is 8.85 Å². The summed E-state index contributed by atoms with van der Waals surface area (Å²) in [6.45, 7) is 12.7. The molecule has 0 aromatic carbocycles. The summed E-state index contributed by atoms with van der Waals surface area (Å²) in [5.74, 6) is 0. The Morgan fingerprint density at radius 2 is 1.23 bits per heavy atom. The third-order valence-electron chi connectivity index (χ3n) is 2.12. The molecule has 0 aliphatic rings. The van der Waals surface area contributed by atoms with Crippen LogP contribution in [-0.4, -0.2) is 20.8 Å². The van der Waals surface area contributed by atoms with Crippen LogP contribution in [0.25, 0.3) is 0 Å². The van der Waals surface area contributed by atoms with Gasteiger partial charge in [-0.05, 0) is 39.8 Å². The van der Waals surface area contributed by atoms with Crippen LogP contribution in [0.3, 0.4) is 0 Å². The zero-order chi connectivity index (χ0) is 10.5. The third-order valence-corrected chi connectivity index (χ3v) is 4.06. The fourth-order valence-electron chi connectivity index (χ4n) is 1.16. The van der Waals surface area contributed by atoms with Crippen molar-refractivity contribution in [3.8, 4) is 0 Å². The van der Waals surface area contributed by atoms with E-state index < -0.39 is 8.56 Å². The molecule has 0 N–H and O–H groups in total. The summed E-state index contributed by atoms with van der Waals surface area (Å²) in [5.41, 5.74) is 0. The van der Waals surface area contributed by atoms with E-state index in [0.29, 0.717) is 12.2 Å². The molecule has 0 heterocycles. The van der Waals surface area contributed by atoms with Gasteiger partial charge in [0.1, 0.15) is 0 Å². The molecule has 3 heteroatoms. The molecule has 0 bridgehead atoms. The number of rotatable bonds is 6. The molecule has 0 radical (unpaired) electrons. The van der Waals surface area contributed by atoms with Crippen molar-refractivity contribution < 1.29 is 8.85 Å². The summed E-state index contributed by atoms with van der Waals surface area (Å²) in [7, 11) is -1.87. The smallest absolute Gasteiger partial charge is 0.332 e. The molecule has 0 aliphatic heterocycles. The Bertz CT molecular complexity index is 123. The molecule has 0 aliphatic carbocycles. The van der Waals surface area contributed by atoms with Crippen molar-refractivity contribution in [3.05, 3.63) is 0 Å². The van der Waals surface area contributed by atoms with E-state index >= 15 is 0 Å². The van der Waals surface area contributed by atoms with E-state index in [1.807, 2.05) is 0 Å². The van der Waals surface area contributed by atoms with Gasteiger partial charge in [-0.2, -0.15) is 0 Å². The summed E-state index contributed by atoms with van der Waals surface area (Å²) in [6.07, 6.45) is 2.76. The predicted octanol–water partition coefficient (Wildman–Crippen LogP) is 3.32. The molecule has 2 unspecified atom stereocenters. The van der Waals surface area contributed by atoms with Crippen LogP contribution in [-0.2, 0) is 8.85 Å². The molecule has 0 fully saturated rings. The molecule has 0 saturated carbocycles. The summed E-state index contributed by atoms with van der Waals surface area (Å²) in [4.78, 5) is 0. The molecular weight excluding hydrogens is 180 g/mol. The monoisotopic (exact) mass is 204 g/mol. The lowest BCUT2D eigenvalue weighted by atomic mass is 10.3. The lowest BCUT2D eigenvalue weighted by molar-refractivity contribution is 0.0960. The van der Waals surface area contributed by atoms with Gasteiger partial charge in [0, 0.05) is 12.2 Å². The van der Waals surface area contributed by atoms with Crippen molar-refractivity contribution >= 4 is 8.56 Å². The Morgan fingerprint density at radius 1 is 0.923 bits per heavy atom. The van der Waals surface area contributed by atoms with Crippen LogP contribution in [0.5, 0.6) is 0 Å². The summed E-state index contributed by atoms with van der Waals surface area (Å²) >= 11 is 0. The topological polar surface area (TPSA) is 18.5 Å². The highest BCUT2D eigenvalue weighted by Crippen LogP contribution is 2.15. The van der Waals surface area contributed by atoms with Crippen molar-refractivity contribution in [2.45, 2.75) is 65.8 Å². The highest BCUT2D eigenvalue weighted by atomic mass is 28.4. The fourth-order valence-corrected chi connectivity index (χ4v) is 3.49. The minimum absolute atomic E-state index is 0.325. The van der Waals surface area contributed by atoms with Gasteiger partial charge >= 0.3 is 8.56 Å². The highest BCUT2D eigenvalue weighted by Gasteiger charge is 2.28. The molecule has 13 heavy (non-hydrogen) atoms. The molecule has 0 saturated heterocycles. The lowest BCUT2D eigenvalue weighted by Gasteiger charge is -2.29. The van der Waals surface area contributed by atoms with E-state index in [-0.39, 0.29) is 0 Å². The minimum atomic E-state index is -1.87. The first kappa shape index (κ1) is 13.1. The maximum Gasteiger partial charge on any atom is 0.332 e. The Morgan fingerprint density at radius 3 is 1.46 bits per heavy atom. The van der Waals surface area contributed by atoms with Gasteiger partial charge in [0.05, 0.1) is 0 Å². The third kappa shape index (κ3) is 6.24. The average Bonchev–Trinajstić information content (AvgIpc) is 2.02. The van der Waals surface area contributed by atoms with Gasteiger partial charge in [-0.15, -0.1) is 0 Å². The standard InChI is InChI=1S/C10H24O2Si/c1-7-9(3)11-13(5,6)12-10(4)8-2/h9-10H,7-8H2,1-6H3. The molecule has 0 aromatic heterocycles. The minimum Gasteiger partial charge on any atom is -0.392 e. The molecule has 2 atom stereocenters. The number of hydrogen-bond donors (Lipinski definition) is 0. The van der Waals surface area contributed by atoms with Gasteiger partial charge in [0.25, 0.3) is 0 Å². The average molecular weight is 204 g/mol. The molecule has 80 valence electrons. The van der Waals surface area contributed by atoms with Crippen LogP contribution in [0.1, 0.15) is 40.5 Å². The summed E-state index contributed by atoms with van der Waals surface area (Å²) in [5, 5.41) is 0. The fraction of sp³-hybridized carbons (Fsp3) is 1.00. The molecular formula is C10H24O2Si. The van der Waals surface area contributed by atoms with Crippen LogP contribution in [0, 0.1) is 0 Å². The highest BCUT2D eigenvalue weighted by molar-refractivity contribution is 6.64. The van der Waals surface area contributed by atoms with Crippen LogP contribution in [0.4, 0.5) is 0 Å². The molecule has 0 spiro atoms. The van der Waals surface area contributed by atoms with E-state index in [1.165, 1.54) is 0 Å². The van der Waals surface area contributed by atoms with Gasteiger partial charge in [-0.1, -0.05) is 13.8 Å². The van der Waals surface area contributed by atoms with Crippen LogP contribution in [0.15, 0.2) is 0 Å². The van der Waals surface area contributed by atoms with Crippen molar-refractivity contribution in [3.63, 3.8) is 0 Å². The second-order valence-corrected chi connectivity index (χ2v) is 7.34. The Hall–Kier alpha value is 0.137. The zero-order valence-corrected chi connectivity index (χ0v) is 10.9. The molecule has 0 aromatic rings. The maximum absolute atomic E-state index is 5.88. The summed E-state index contributed by atoms with van der Waals surface area (Å²) in [6, 6.07) is 0. The van der Waals surface area contributed by atoms with E-state index in [0.717, 1.165) is 12.8 Å². The van der Waals surface area contributed by atoms with Crippen molar-refractivity contribution in [2.75, 3.05) is 0 Å². The SMILES string of the molecule is CCC(C)O[Si](C)(C)OC(C)CC. The normalized spacial score (nSPS) is 17.1. The molecule has 0 rings (SSSR count). The second kappa shape index (κ2) is 5.78. The Kier molecular flexibility index (Phi) is 5.84. The Labute approximate surface area is 83.9 Å². The quantitative estimate of drug-likeness (QED) is 0.618. The Balaban J connectivity index is 3.92. The van der Waals surface area contributed by atoms with E-state index in [9.17, 15) is 0 Å². The van der Waals surface area contributed by atoms with Crippen LogP contribution >= 0.6 is 0 Å². The van der Waals surface area contributed by atoms with Gasteiger partial charge in [0.15, 0.2) is 0 Å². The predicted molar refractivity (Wildman–Crippen MR) is 59.2 cm³/mol. The number of hydrogen-bond acceptors (Lipinski definition) is 2. The lowest BCUT2D eigenvalue weighted by Crippen LogP contribution is -2.40. The van der Waals surface area contributed by atoms with Gasteiger partial charge < -0.3 is 8.85 Å². The van der Waals surface area contributed by atoms with E-state index in [1.54, 1.807) is 0 Å².